The summed E-state index contributed by atoms with van der Waals surface area (Å²) in [7, 11) is 4.06. The van der Waals surface area contributed by atoms with Gasteiger partial charge in [0.2, 0.25) is 0 Å². The first-order chi connectivity index (χ1) is 10.0. The van der Waals surface area contributed by atoms with Crippen molar-refractivity contribution in [3.05, 3.63) is 40.1 Å². The van der Waals surface area contributed by atoms with Crippen molar-refractivity contribution in [3.63, 3.8) is 0 Å². The lowest BCUT2D eigenvalue weighted by Crippen LogP contribution is -2.33. The van der Waals surface area contributed by atoms with Crippen LogP contribution in [0.15, 0.2) is 23.1 Å². The molecule has 0 aliphatic rings. The van der Waals surface area contributed by atoms with E-state index in [1.165, 1.54) is 0 Å². The Labute approximate surface area is 132 Å². The molecule has 0 saturated carbocycles. The van der Waals surface area contributed by atoms with Crippen LogP contribution < -0.4 is 11.3 Å². The Balaban J connectivity index is 2.33. The highest BCUT2D eigenvalue weighted by atomic mass is 79.9. The second-order valence-corrected chi connectivity index (χ2v) is 5.98. The van der Waals surface area contributed by atoms with Crippen molar-refractivity contribution in [2.75, 3.05) is 20.6 Å². The van der Waals surface area contributed by atoms with Gasteiger partial charge in [0.1, 0.15) is 6.04 Å². The average molecular weight is 354 g/mol. The minimum atomic E-state index is -0.315. The van der Waals surface area contributed by atoms with Crippen LogP contribution in [0.3, 0.4) is 0 Å². The molecule has 0 aliphatic carbocycles. The van der Waals surface area contributed by atoms with Crippen molar-refractivity contribution >= 4 is 15.9 Å². The van der Waals surface area contributed by atoms with Gasteiger partial charge in [0.05, 0.1) is 22.9 Å². The molecule has 0 amide bonds. The van der Waals surface area contributed by atoms with Crippen LogP contribution in [0.4, 0.5) is 0 Å². The molecule has 2 heterocycles. The van der Waals surface area contributed by atoms with Crippen LogP contribution in [-0.2, 0) is 6.54 Å². The van der Waals surface area contributed by atoms with E-state index >= 15 is 0 Å². The largest absolute Gasteiger partial charge is 0.308 e. The summed E-state index contributed by atoms with van der Waals surface area (Å²) in [5.74, 6) is 6.35. The zero-order chi connectivity index (χ0) is 15.4. The topological polar surface area (TPSA) is 84.9 Å². The van der Waals surface area contributed by atoms with Crippen molar-refractivity contribution in [2.45, 2.75) is 19.5 Å². The van der Waals surface area contributed by atoms with E-state index in [4.69, 9.17) is 5.84 Å². The van der Waals surface area contributed by atoms with Crippen LogP contribution >= 0.6 is 15.9 Å². The number of hydrogen-bond donors (Lipinski definition) is 2. The molecule has 7 nitrogen and oxygen atoms in total. The number of nitrogens with one attached hydrogen (secondary N) is 1. The number of likely N-dealkylation sites (N-methyl/N-ethyl adjacent to an activating group) is 1. The second-order valence-electron chi connectivity index (χ2n) is 5.12. The summed E-state index contributed by atoms with van der Waals surface area (Å²) in [5.41, 5.74) is 4.71. The van der Waals surface area contributed by atoms with Crippen molar-refractivity contribution in [1.82, 2.24) is 30.1 Å². The van der Waals surface area contributed by atoms with E-state index in [1.807, 2.05) is 25.7 Å². The SMILES string of the molecule is Cc1cnc(C(NN)c2c(Br)cnn2CCN(C)C)nc1. The van der Waals surface area contributed by atoms with E-state index in [0.717, 1.165) is 28.8 Å². The van der Waals surface area contributed by atoms with E-state index in [1.54, 1.807) is 18.6 Å². The van der Waals surface area contributed by atoms with E-state index in [-0.39, 0.29) is 6.04 Å². The molecular weight excluding hydrogens is 334 g/mol. The Morgan fingerprint density at radius 1 is 1.33 bits per heavy atom. The first kappa shape index (κ1) is 16.0. The Morgan fingerprint density at radius 3 is 2.57 bits per heavy atom. The molecule has 2 rings (SSSR count). The fourth-order valence-corrected chi connectivity index (χ4v) is 2.48. The first-order valence-electron chi connectivity index (χ1n) is 6.63. The van der Waals surface area contributed by atoms with Crippen LogP contribution in [-0.4, -0.2) is 45.3 Å². The zero-order valence-corrected chi connectivity index (χ0v) is 14.0. The third kappa shape index (κ3) is 3.85. The summed E-state index contributed by atoms with van der Waals surface area (Å²) in [4.78, 5) is 10.8. The molecule has 0 aromatic carbocycles. The van der Waals surface area contributed by atoms with Gasteiger partial charge < -0.3 is 4.90 Å². The van der Waals surface area contributed by atoms with Crippen molar-refractivity contribution < 1.29 is 0 Å². The summed E-state index contributed by atoms with van der Waals surface area (Å²) in [6.07, 6.45) is 5.33. The van der Waals surface area contributed by atoms with Gasteiger partial charge in [-0.15, -0.1) is 0 Å². The maximum Gasteiger partial charge on any atom is 0.152 e. The van der Waals surface area contributed by atoms with E-state index in [0.29, 0.717) is 5.82 Å². The predicted octanol–water partition coefficient (Wildman–Crippen LogP) is 0.858. The molecule has 114 valence electrons. The van der Waals surface area contributed by atoms with Crippen LogP contribution in [0.1, 0.15) is 23.1 Å². The highest BCUT2D eigenvalue weighted by molar-refractivity contribution is 9.10. The fraction of sp³-hybridized carbons (Fsp3) is 0.462. The molecule has 2 aromatic heterocycles. The lowest BCUT2D eigenvalue weighted by atomic mass is 10.2. The zero-order valence-electron chi connectivity index (χ0n) is 12.4. The number of nitrogens with two attached hydrogens (primary N) is 1. The number of aryl methyl sites for hydroxylation is 1. The van der Waals surface area contributed by atoms with Gasteiger partial charge in [-0.05, 0) is 42.5 Å². The molecule has 8 heteroatoms. The molecule has 0 radical (unpaired) electrons. The standard InChI is InChI=1S/C13H20BrN7/c1-9-6-16-13(17-7-9)11(19-15)12-10(14)8-18-21(12)5-4-20(2)3/h6-8,11,19H,4-5,15H2,1-3H3. The molecule has 3 N–H and O–H groups in total. The molecule has 2 aromatic rings. The number of aromatic nitrogens is 4. The summed E-state index contributed by atoms with van der Waals surface area (Å²) < 4.78 is 2.80. The van der Waals surface area contributed by atoms with Gasteiger partial charge in [0, 0.05) is 18.9 Å². The summed E-state index contributed by atoms with van der Waals surface area (Å²) >= 11 is 3.53. The van der Waals surface area contributed by atoms with Gasteiger partial charge in [-0.3, -0.25) is 10.5 Å². The Kier molecular flexibility index (Phi) is 5.40. The van der Waals surface area contributed by atoms with E-state index < -0.39 is 0 Å². The molecule has 0 spiro atoms. The van der Waals surface area contributed by atoms with E-state index in [2.05, 4.69) is 41.3 Å². The molecule has 0 fully saturated rings. The Hall–Kier alpha value is -1.35. The number of hydrogen-bond acceptors (Lipinski definition) is 6. The Bertz CT molecular complexity index is 579. The van der Waals surface area contributed by atoms with E-state index in [9.17, 15) is 0 Å². The van der Waals surface area contributed by atoms with Crippen LogP contribution in [0.2, 0.25) is 0 Å². The molecule has 0 aliphatic heterocycles. The maximum atomic E-state index is 5.73. The normalized spacial score (nSPS) is 12.9. The highest BCUT2D eigenvalue weighted by Crippen LogP contribution is 2.26. The van der Waals surface area contributed by atoms with Gasteiger partial charge in [-0.2, -0.15) is 5.10 Å². The molecule has 21 heavy (non-hydrogen) atoms. The highest BCUT2D eigenvalue weighted by Gasteiger charge is 2.23. The van der Waals surface area contributed by atoms with Crippen molar-refractivity contribution in [3.8, 4) is 0 Å². The summed E-state index contributed by atoms with van der Waals surface area (Å²) in [5, 5.41) is 4.39. The summed E-state index contributed by atoms with van der Waals surface area (Å²) in [6.45, 7) is 3.59. The monoisotopic (exact) mass is 353 g/mol. The molecule has 0 bridgehead atoms. The quantitative estimate of drug-likeness (QED) is 0.591. The molecule has 0 saturated heterocycles. The van der Waals surface area contributed by atoms with Gasteiger partial charge in [0.15, 0.2) is 5.82 Å². The fourth-order valence-electron chi connectivity index (χ4n) is 1.96. The third-order valence-corrected chi connectivity index (χ3v) is 3.70. The number of rotatable bonds is 6. The van der Waals surface area contributed by atoms with Gasteiger partial charge in [-0.25, -0.2) is 15.4 Å². The average Bonchev–Trinajstić information content (AvgIpc) is 2.81. The van der Waals surface area contributed by atoms with Gasteiger partial charge in [-0.1, -0.05) is 0 Å². The minimum absolute atomic E-state index is 0.315. The first-order valence-corrected chi connectivity index (χ1v) is 7.43. The van der Waals surface area contributed by atoms with Crippen LogP contribution in [0.25, 0.3) is 0 Å². The van der Waals surface area contributed by atoms with Gasteiger partial charge in [0.25, 0.3) is 0 Å². The molecule has 1 unspecified atom stereocenters. The Morgan fingerprint density at radius 2 is 2.00 bits per heavy atom. The van der Waals surface area contributed by atoms with Crippen LogP contribution in [0.5, 0.6) is 0 Å². The van der Waals surface area contributed by atoms with Gasteiger partial charge >= 0.3 is 0 Å². The van der Waals surface area contributed by atoms with Crippen LogP contribution in [0, 0.1) is 6.92 Å². The number of hydrazine groups is 1. The number of nitrogens with zero attached hydrogens (tertiary/aromatic N) is 5. The second kappa shape index (κ2) is 7.08. The lowest BCUT2D eigenvalue weighted by Gasteiger charge is -2.18. The molecule has 1 atom stereocenters. The predicted molar refractivity (Wildman–Crippen MR) is 84.4 cm³/mol. The van der Waals surface area contributed by atoms with Crippen molar-refractivity contribution in [1.29, 1.82) is 0 Å². The number of halogens is 1. The maximum absolute atomic E-state index is 5.73. The minimum Gasteiger partial charge on any atom is -0.308 e. The summed E-state index contributed by atoms with van der Waals surface area (Å²) in [6, 6.07) is -0.315. The third-order valence-electron chi connectivity index (χ3n) is 3.09. The lowest BCUT2D eigenvalue weighted by molar-refractivity contribution is 0.364. The smallest absolute Gasteiger partial charge is 0.152 e. The van der Waals surface area contributed by atoms with Crippen molar-refractivity contribution in [2.24, 2.45) is 5.84 Å². The molecular formula is C13H20BrN7.